The molecule has 0 aliphatic rings. The quantitative estimate of drug-likeness (QED) is 0.560. The second-order valence-electron chi connectivity index (χ2n) is 2.87. The van der Waals surface area contributed by atoms with Gasteiger partial charge in [0.05, 0.1) is 7.11 Å². The van der Waals surface area contributed by atoms with Crippen molar-refractivity contribution in [2.24, 2.45) is 0 Å². The van der Waals surface area contributed by atoms with E-state index in [9.17, 15) is 17.3 Å². The second-order valence-corrected chi connectivity index (χ2v) is 2.87. The monoisotopic (exact) mass is 219 g/mol. The molecule has 0 bridgehead atoms. The van der Waals surface area contributed by atoms with E-state index in [1.807, 2.05) is 0 Å². The highest BCUT2D eigenvalue weighted by atomic mass is 19.4. The van der Waals surface area contributed by atoms with E-state index < -0.39 is 12.8 Å². The lowest BCUT2D eigenvalue weighted by molar-refractivity contribution is 0.410. The van der Waals surface area contributed by atoms with Crippen LogP contribution in [-0.4, -0.2) is 14.1 Å². The van der Waals surface area contributed by atoms with Crippen LogP contribution >= 0.6 is 0 Å². The van der Waals surface area contributed by atoms with Crippen molar-refractivity contribution in [2.45, 2.75) is 0 Å². The molecule has 0 heterocycles. The van der Waals surface area contributed by atoms with Crippen LogP contribution < -0.4 is 4.74 Å². The molecular formula is C9H8BF4O-. The van der Waals surface area contributed by atoms with Crippen LogP contribution in [0.1, 0.15) is 5.56 Å². The molecule has 0 saturated heterocycles. The fraction of sp³-hybridized carbons (Fsp3) is 0.111. The Kier molecular flexibility index (Phi) is 3.39. The molecular weight excluding hydrogens is 211 g/mol. The van der Waals surface area contributed by atoms with Crippen molar-refractivity contribution in [2.75, 3.05) is 7.11 Å². The van der Waals surface area contributed by atoms with Crippen molar-refractivity contribution in [3.8, 4) is 5.75 Å². The Hall–Kier alpha value is -1.46. The average Bonchev–Trinajstić information content (AvgIpc) is 2.14. The van der Waals surface area contributed by atoms with E-state index in [-0.39, 0.29) is 17.3 Å². The summed E-state index contributed by atoms with van der Waals surface area (Å²) in [6, 6.07) is 3.33. The van der Waals surface area contributed by atoms with Gasteiger partial charge in [0.2, 0.25) is 0 Å². The zero-order chi connectivity index (χ0) is 11.5. The molecule has 0 unspecified atom stereocenters. The fourth-order valence-corrected chi connectivity index (χ4v) is 1.04. The summed E-state index contributed by atoms with van der Waals surface area (Å²) in [4.78, 5) is 0. The molecule has 1 nitrogen and oxygen atoms in total. The van der Waals surface area contributed by atoms with Crippen LogP contribution in [0.25, 0.3) is 6.08 Å². The lowest BCUT2D eigenvalue weighted by Gasteiger charge is -2.08. The van der Waals surface area contributed by atoms with Crippen molar-refractivity contribution in [1.29, 1.82) is 0 Å². The van der Waals surface area contributed by atoms with Crippen LogP contribution in [0.2, 0.25) is 0 Å². The molecule has 0 aliphatic carbocycles. The van der Waals surface area contributed by atoms with Crippen LogP contribution in [0.5, 0.6) is 5.75 Å². The van der Waals surface area contributed by atoms with E-state index in [4.69, 9.17) is 4.74 Å². The van der Waals surface area contributed by atoms with Gasteiger partial charge in [-0.05, 0) is 12.1 Å². The maximum Gasteiger partial charge on any atom is 0.502 e. The Labute approximate surface area is 84.4 Å². The largest absolute Gasteiger partial charge is 0.502 e. The molecule has 6 heteroatoms. The first-order valence-electron chi connectivity index (χ1n) is 4.15. The van der Waals surface area contributed by atoms with Crippen molar-refractivity contribution < 1.29 is 22.1 Å². The summed E-state index contributed by atoms with van der Waals surface area (Å²) in [5.41, 5.74) is 0.193. The number of halogens is 4. The Bertz CT molecular complexity index is 373. The van der Waals surface area contributed by atoms with E-state index in [1.54, 1.807) is 0 Å². The van der Waals surface area contributed by atoms with Gasteiger partial charge in [0.25, 0.3) is 0 Å². The van der Waals surface area contributed by atoms with Crippen molar-refractivity contribution >= 4 is 13.1 Å². The third-order valence-corrected chi connectivity index (χ3v) is 1.69. The van der Waals surface area contributed by atoms with Gasteiger partial charge >= 0.3 is 6.98 Å². The van der Waals surface area contributed by atoms with Crippen molar-refractivity contribution in [3.05, 3.63) is 35.6 Å². The first-order valence-corrected chi connectivity index (χ1v) is 4.15. The second kappa shape index (κ2) is 4.38. The molecule has 0 saturated carbocycles. The minimum absolute atomic E-state index is 0.0753. The predicted octanol–water partition coefficient (Wildman–Crippen LogP) is 3.23. The topological polar surface area (TPSA) is 9.23 Å². The highest BCUT2D eigenvalue weighted by Crippen LogP contribution is 2.22. The Morgan fingerprint density at radius 2 is 1.93 bits per heavy atom. The molecule has 0 radical (unpaired) electrons. The molecule has 0 atom stereocenters. The number of benzene rings is 1. The van der Waals surface area contributed by atoms with Crippen LogP contribution in [0.15, 0.2) is 24.2 Å². The summed E-state index contributed by atoms with van der Waals surface area (Å²) in [6.07, 6.45) is 0.859. The summed E-state index contributed by atoms with van der Waals surface area (Å²) >= 11 is 0. The molecule has 1 rings (SSSR count). The van der Waals surface area contributed by atoms with Crippen molar-refractivity contribution in [1.82, 2.24) is 0 Å². The predicted molar refractivity (Wildman–Crippen MR) is 51.1 cm³/mol. The van der Waals surface area contributed by atoms with Gasteiger partial charge in [-0.2, -0.15) is 0 Å². The van der Waals surface area contributed by atoms with Gasteiger partial charge in [-0.25, -0.2) is 4.39 Å². The first kappa shape index (κ1) is 11.6. The number of rotatable bonds is 3. The molecule has 1 aromatic carbocycles. The fourth-order valence-electron chi connectivity index (χ4n) is 1.04. The maximum atomic E-state index is 12.7. The number of methoxy groups -OCH3 is 1. The van der Waals surface area contributed by atoms with Gasteiger partial charge < -0.3 is 17.7 Å². The van der Waals surface area contributed by atoms with Gasteiger partial charge in [-0.15, -0.1) is 5.98 Å². The zero-order valence-electron chi connectivity index (χ0n) is 7.88. The maximum absolute atomic E-state index is 12.7. The van der Waals surface area contributed by atoms with Gasteiger partial charge in [0.15, 0.2) is 0 Å². The highest BCUT2D eigenvalue weighted by Gasteiger charge is 2.17. The van der Waals surface area contributed by atoms with Crippen molar-refractivity contribution in [3.63, 3.8) is 0 Å². The molecule has 0 aliphatic heterocycles. The molecule has 0 spiro atoms. The minimum Gasteiger partial charge on any atom is -0.496 e. The van der Waals surface area contributed by atoms with Gasteiger partial charge in [-0.1, -0.05) is 6.08 Å². The third-order valence-electron chi connectivity index (χ3n) is 1.69. The first-order chi connectivity index (χ1) is 6.92. The minimum atomic E-state index is -4.99. The smallest absolute Gasteiger partial charge is 0.496 e. The SMILES string of the molecule is COc1cc(F)ccc1/C=C/[B-](F)(F)F. The molecule has 82 valence electrons. The normalized spacial score (nSPS) is 12.1. The van der Waals surface area contributed by atoms with Gasteiger partial charge in [0.1, 0.15) is 11.6 Å². The Morgan fingerprint density at radius 1 is 1.27 bits per heavy atom. The molecule has 15 heavy (non-hydrogen) atoms. The number of hydrogen-bond donors (Lipinski definition) is 0. The zero-order valence-corrected chi connectivity index (χ0v) is 7.88. The molecule has 1 aromatic rings. The van der Waals surface area contributed by atoms with Crippen LogP contribution in [0, 0.1) is 5.82 Å². The van der Waals surface area contributed by atoms with Crippen LogP contribution in [0.4, 0.5) is 17.3 Å². The summed E-state index contributed by atoms with van der Waals surface area (Å²) in [7, 11) is 1.27. The molecule has 0 aromatic heterocycles. The third kappa shape index (κ3) is 3.65. The van der Waals surface area contributed by atoms with E-state index in [1.165, 1.54) is 13.2 Å². The highest BCUT2D eigenvalue weighted by molar-refractivity contribution is 6.64. The van der Waals surface area contributed by atoms with E-state index in [0.717, 1.165) is 18.2 Å². The van der Waals surface area contributed by atoms with Crippen LogP contribution in [-0.2, 0) is 0 Å². The average molecular weight is 219 g/mol. The summed E-state index contributed by atoms with van der Waals surface area (Å²) in [5, 5.41) is 0. The van der Waals surface area contributed by atoms with Crippen LogP contribution in [0.3, 0.4) is 0 Å². The van der Waals surface area contributed by atoms with E-state index in [0.29, 0.717) is 0 Å². The van der Waals surface area contributed by atoms with E-state index >= 15 is 0 Å². The van der Waals surface area contributed by atoms with E-state index in [2.05, 4.69) is 0 Å². The number of ether oxygens (including phenoxy) is 1. The summed E-state index contributed by atoms with van der Waals surface area (Å²) in [6.45, 7) is -4.99. The molecule has 0 amide bonds. The Morgan fingerprint density at radius 3 is 2.47 bits per heavy atom. The molecule has 0 N–H and O–H groups in total. The van der Waals surface area contributed by atoms with Gasteiger partial charge in [0, 0.05) is 11.6 Å². The number of hydrogen-bond acceptors (Lipinski definition) is 1. The summed E-state index contributed by atoms with van der Waals surface area (Å²) < 4.78 is 53.2. The molecule has 0 fully saturated rings. The lowest BCUT2D eigenvalue weighted by atomic mass is 9.90. The lowest BCUT2D eigenvalue weighted by Crippen LogP contribution is -2.09. The summed E-state index contributed by atoms with van der Waals surface area (Å²) in [5.74, 6) is -0.344. The standard InChI is InChI=1S/C9H8BF4O/c1-15-9-6-8(11)3-2-7(9)4-5-10(12,13)14/h2-6H,1H3/q-1/b5-4+. The Balaban J connectivity index is 3.00. The van der Waals surface area contributed by atoms with Gasteiger partial charge in [-0.3, -0.25) is 0 Å².